The topological polar surface area (TPSA) is 90.9 Å². The standard InChI is InChI=1S/C15H19NO6/c1-10(12(17)9-21-8-7-20-2)14(18)16-11-5-3-4-6-13(11)22-15(16)19/h3-6,10,12,17H,7-9H2,1-2H3/t10-,12-/m1/s1. The molecule has 1 aromatic heterocycles. The van der Waals surface area contributed by atoms with E-state index in [1.165, 1.54) is 0 Å². The van der Waals surface area contributed by atoms with Crippen LogP contribution in [0.2, 0.25) is 0 Å². The fourth-order valence-corrected chi connectivity index (χ4v) is 2.03. The summed E-state index contributed by atoms with van der Waals surface area (Å²) in [7, 11) is 1.54. The van der Waals surface area contributed by atoms with E-state index in [2.05, 4.69) is 0 Å². The largest absolute Gasteiger partial charge is 0.426 e. The number of benzene rings is 1. The molecule has 22 heavy (non-hydrogen) atoms. The van der Waals surface area contributed by atoms with E-state index >= 15 is 0 Å². The molecule has 0 aliphatic carbocycles. The lowest BCUT2D eigenvalue weighted by atomic mass is 10.0. The van der Waals surface area contributed by atoms with Crippen LogP contribution in [0.3, 0.4) is 0 Å². The van der Waals surface area contributed by atoms with Gasteiger partial charge in [-0.05, 0) is 12.1 Å². The summed E-state index contributed by atoms with van der Waals surface area (Å²) in [6.45, 7) is 2.26. The average molecular weight is 309 g/mol. The van der Waals surface area contributed by atoms with Crippen molar-refractivity contribution in [2.75, 3.05) is 26.9 Å². The zero-order valence-electron chi connectivity index (χ0n) is 12.5. The molecule has 0 bridgehead atoms. The molecule has 0 amide bonds. The van der Waals surface area contributed by atoms with Crippen molar-refractivity contribution in [1.82, 2.24) is 4.57 Å². The van der Waals surface area contributed by atoms with Gasteiger partial charge in [-0.2, -0.15) is 0 Å². The molecule has 0 radical (unpaired) electrons. The maximum atomic E-state index is 12.4. The lowest BCUT2D eigenvalue weighted by Gasteiger charge is -2.17. The van der Waals surface area contributed by atoms with Crippen molar-refractivity contribution >= 4 is 17.0 Å². The molecule has 1 heterocycles. The summed E-state index contributed by atoms with van der Waals surface area (Å²) < 4.78 is 16.0. The van der Waals surface area contributed by atoms with Gasteiger partial charge in [-0.3, -0.25) is 4.79 Å². The first kappa shape index (κ1) is 16.4. The highest BCUT2D eigenvalue weighted by Crippen LogP contribution is 2.15. The Morgan fingerprint density at radius 1 is 1.36 bits per heavy atom. The van der Waals surface area contributed by atoms with E-state index in [9.17, 15) is 14.7 Å². The maximum absolute atomic E-state index is 12.4. The van der Waals surface area contributed by atoms with Gasteiger partial charge in [0, 0.05) is 7.11 Å². The Labute approximate surface area is 127 Å². The number of aliphatic hydroxyl groups excluding tert-OH is 1. The van der Waals surface area contributed by atoms with E-state index in [1.807, 2.05) is 0 Å². The lowest BCUT2D eigenvalue weighted by molar-refractivity contribution is -0.00629. The van der Waals surface area contributed by atoms with Gasteiger partial charge in [0.05, 0.1) is 37.4 Å². The number of methoxy groups -OCH3 is 1. The first-order valence-corrected chi connectivity index (χ1v) is 6.95. The van der Waals surface area contributed by atoms with Crippen molar-refractivity contribution in [2.45, 2.75) is 13.0 Å². The Bertz CT molecular complexity index is 689. The molecule has 2 aromatic rings. The summed E-state index contributed by atoms with van der Waals surface area (Å²) in [6, 6.07) is 6.64. The number of nitrogens with zero attached hydrogens (tertiary/aromatic N) is 1. The number of carbonyl (C=O) groups is 1. The summed E-state index contributed by atoms with van der Waals surface area (Å²) in [6.07, 6.45) is -1.02. The van der Waals surface area contributed by atoms with Gasteiger partial charge >= 0.3 is 5.76 Å². The van der Waals surface area contributed by atoms with Gasteiger partial charge in [0.25, 0.3) is 0 Å². The third kappa shape index (κ3) is 3.44. The Morgan fingerprint density at radius 2 is 2.09 bits per heavy atom. The number of aromatic nitrogens is 1. The number of hydrogen-bond donors (Lipinski definition) is 1. The smallest absolute Gasteiger partial charge is 0.407 e. The van der Waals surface area contributed by atoms with Crippen LogP contribution in [0.25, 0.3) is 11.1 Å². The third-order valence-electron chi connectivity index (χ3n) is 3.39. The molecule has 0 aliphatic heterocycles. The average Bonchev–Trinajstić information content (AvgIpc) is 2.85. The SMILES string of the molecule is COCCOC[C@@H](O)[C@@H](C)C(=O)n1c(=O)oc2ccccc21. The van der Waals surface area contributed by atoms with Crippen LogP contribution in [-0.4, -0.2) is 48.6 Å². The normalized spacial score (nSPS) is 14.1. The number of rotatable bonds is 7. The van der Waals surface area contributed by atoms with Crippen LogP contribution in [-0.2, 0) is 9.47 Å². The highest BCUT2D eigenvalue weighted by atomic mass is 16.5. The summed E-state index contributed by atoms with van der Waals surface area (Å²) in [4.78, 5) is 24.3. The minimum Gasteiger partial charge on any atom is -0.407 e. The Balaban J connectivity index is 2.12. The van der Waals surface area contributed by atoms with Crippen molar-refractivity contribution in [1.29, 1.82) is 0 Å². The number of fused-ring (bicyclic) bond motifs is 1. The summed E-state index contributed by atoms with van der Waals surface area (Å²) in [5.41, 5.74) is 0.718. The van der Waals surface area contributed by atoms with Crippen LogP contribution in [0, 0.1) is 5.92 Å². The molecule has 120 valence electrons. The molecule has 0 unspecified atom stereocenters. The summed E-state index contributed by atoms with van der Waals surface area (Å²) >= 11 is 0. The molecule has 7 heteroatoms. The molecule has 1 aromatic carbocycles. The molecule has 1 N–H and O–H groups in total. The molecule has 0 saturated heterocycles. The Kier molecular flexibility index (Phi) is 5.48. The van der Waals surface area contributed by atoms with E-state index in [1.54, 1.807) is 38.3 Å². The van der Waals surface area contributed by atoms with E-state index in [0.29, 0.717) is 24.3 Å². The van der Waals surface area contributed by atoms with E-state index in [0.717, 1.165) is 4.57 Å². The second kappa shape index (κ2) is 7.35. The molecule has 0 saturated carbocycles. The molecule has 2 atom stereocenters. The number of ether oxygens (including phenoxy) is 2. The molecular formula is C15H19NO6. The van der Waals surface area contributed by atoms with Crippen molar-refractivity contribution < 1.29 is 23.8 Å². The van der Waals surface area contributed by atoms with Crippen molar-refractivity contribution in [3.63, 3.8) is 0 Å². The van der Waals surface area contributed by atoms with Gasteiger partial charge in [-0.1, -0.05) is 19.1 Å². The minimum absolute atomic E-state index is 0.0131. The summed E-state index contributed by atoms with van der Waals surface area (Å²) in [5, 5.41) is 10.0. The van der Waals surface area contributed by atoms with Gasteiger partial charge < -0.3 is 19.0 Å². The van der Waals surface area contributed by atoms with Crippen LogP contribution < -0.4 is 5.76 Å². The van der Waals surface area contributed by atoms with Gasteiger partial charge in [-0.15, -0.1) is 0 Å². The third-order valence-corrected chi connectivity index (χ3v) is 3.39. The predicted molar refractivity (Wildman–Crippen MR) is 79.0 cm³/mol. The first-order valence-electron chi connectivity index (χ1n) is 6.95. The van der Waals surface area contributed by atoms with Gasteiger partial charge in [0.15, 0.2) is 5.58 Å². The van der Waals surface area contributed by atoms with Crippen molar-refractivity contribution in [3.8, 4) is 0 Å². The zero-order chi connectivity index (χ0) is 16.1. The number of oxazole rings is 1. The van der Waals surface area contributed by atoms with E-state index < -0.39 is 23.7 Å². The number of para-hydroxylation sites is 2. The van der Waals surface area contributed by atoms with E-state index in [4.69, 9.17) is 13.9 Å². The number of aliphatic hydroxyl groups is 1. The molecular weight excluding hydrogens is 290 g/mol. The van der Waals surface area contributed by atoms with Crippen LogP contribution in [0.15, 0.2) is 33.5 Å². The van der Waals surface area contributed by atoms with Gasteiger partial charge in [0.1, 0.15) is 0 Å². The molecule has 0 aliphatic rings. The second-order valence-corrected chi connectivity index (χ2v) is 4.93. The number of carbonyl (C=O) groups excluding carboxylic acids is 1. The Hall–Kier alpha value is -1.96. The van der Waals surface area contributed by atoms with Crippen molar-refractivity contribution in [2.24, 2.45) is 5.92 Å². The molecule has 0 fully saturated rings. The zero-order valence-corrected chi connectivity index (χ0v) is 12.5. The fourth-order valence-electron chi connectivity index (χ4n) is 2.03. The molecule has 7 nitrogen and oxygen atoms in total. The fraction of sp³-hybridized carbons (Fsp3) is 0.467. The molecule has 2 rings (SSSR count). The van der Waals surface area contributed by atoms with Crippen molar-refractivity contribution in [3.05, 3.63) is 34.8 Å². The van der Waals surface area contributed by atoms with Crippen LogP contribution in [0.1, 0.15) is 11.7 Å². The first-order chi connectivity index (χ1) is 10.6. The van der Waals surface area contributed by atoms with Gasteiger partial charge in [0.2, 0.25) is 5.91 Å². The lowest BCUT2D eigenvalue weighted by Crippen LogP contribution is -2.36. The minimum atomic E-state index is -1.02. The van der Waals surface area contributed by atoms with Crippen LogP contribution >= 0.6 is 0 Å². The number of hydrogen-bond acceptors (Lipinski definition) is 6. The maximum Gasteiger partial charge on any atom is 0.426 e. The van der Waals surface area contributed by atoms with Gasteiger partial charge in [-0.25, -0.2) is 9.36 Å². The monoisotopic (exact) mass is 309 g/mol. The Morgan fingerprint density at radius 3 is 2.82 bits per heavy atom. The van der Waals surface area contributed by atoms with Crippen LogP contribution in [0.5, 0.6) is 0 Å². The predicted octanol–water partition coefficient (Wildman–Crippen LogP) is 0.895. The second-order valence-electron chi connectivity index (χ2n) is 4.93. The van der Waals surface area contributed by atoms with Crippen LogP contribution in [0.4, 0.5) is 0 Å². The van der Waals surface area contributed by atoms with E-state index in [-0.39, 0.29) is 6.61 Å². The quantitative estimate of drug-likeness (QED) is 0.764. The highest BCUT2D eigenvalue weighted by molar-refractivity contribution is 5.90. The highest BCUT2D eigenvalue weighted by Gasteiger charge is 2.27. The summed E-state index contributed by atoms with van der Waals surface area (Å²) in [5.74, 6) is -2.09. The molecule has 0 spiro atoms.